The van der Waals surface area contributed by atoms with Crippen molar-refractivity contribution in [3.05, 3.63) is 21.7 Å². The fourth-order valence-electron chi connectivity index (χ4n) is 3.26. The molecule has 0 bridgehead atoms. The summed E-state index contributed by atoms with van der Waals surface area (Å²) in [5, 5.41) is 0. The summed E-state index contributed by atoms with van der Waals surface area (Å²) < 4.78 is 16.9. The zero-order chi connectivity index (χ0) is 17.1. The van der Waals surface area contributed by atoms with E-state index in [1.807, 2.05) is 4.90 Å². The lowest BCUT2D eigenvalue weighted by Gasteiger charge is -2.27. The summed E-state index contributed by atoms with van der Waals surface area (Å²) in [4.78, 5) is 17.0. The number of benzene rings is 1. The number of hydrogen-bond acceptors (Lipinski definition) is 5. The molecule has 132 valence electrons. The van der Waals surface area contributed by atoms with Crippen molar-refractivity contribution in [1.82, 2.24) is 9.80 Å². The fraction of sp³-hybridized carbons (Fsp3) is 0.588. The van der Waals surface area contributed by atoms with Crippen LogP contribution >= 0.6 is 15.9 Å². The smallest absolute Gasteiger partial charge is 0.254 e. The lowest BCUT2D eigenvalue weighted by molar-refractivity contribution is 0.0358. The number of ether oxygens (including phenoxy) is 3. The van der Waals surface area contributed by atoms with Gasteiger partial charge in [-0.3, -0.25) is 9.69 Å². The molecule has 0 aliphatic carbocycles. The molecule has 2 aliphatic rings. The van der Waals surface area contributed by atoms with Crippen LogP contribution < -0.4 is 9.47 Å². The monoisotopic (exact) mass is 398 g/mol. The first-order valence-electron chi connectivity index (χ1n) is 8.18. The van der Waals surface area contributed by atoms with Crippen LogP contribution in [0.4, 0.5) is 0 Å². The summed E-state index contributed by atoms with van der Waals surface area (Å²) >= 11 is 3.56. The van der Waals surface area contributed by atoms with Gasteiger partial charge < -0.3 is 19.1 Å². The molecule has 7 heteroatoms. The molecule has 0 N–H and O–H groups in total. The van der Waals surface area contributed by atoms with Crippen molar-refractivity contribution in [3.8, 4) is 11.5 Å². The van der Waals surface area contributed by atoms with Gasteiger partial charge in [0.2, 0.25) is 0 Å². The fourth-order valence-corrected chi connectivity index (χ4v) is 3.95. The minimum atomic E-state index is 0.0635. The van der Waals surface area contributed by atoms with E-state index in [4.69, 9.17) is 14.2 Å². The van der Waals surface area contributed by atoms with E-state index in [9.17, 15) is 4.79 Å². The van der Waals surface area contributed by atoms with E-state index in [-0.39, 0.29) is 5.91 Å². The molecule has 1 amide bonds. The number of carbonyl (C=O) groups excluding carboxylic acids is 1. The predicted molar refractivity (Wildman–Crippen MR) is 93.9 cm³/mol. The maximum atomic E-state index is 12.7. The zero-order valence-corrected chi connectivity index (χ0v) is 15.7. The number of nitrogens with zero attached hydrogens (tertiary/aromatic N) is 2. The van der Waals surface area contributed by atoms with E-state index in [2.05, 4.69) is 20.8 Å². The third kappa shape index (κ3) is 3.38. The highest BCUT2D eigenvalue weighted by Gasteiger charge is 2.32. The van der Waals surface area contributed by atoms with Crippen LogP contribution in [0.3, 0.4) is 0 Å². The standard InChI is InChI=1S/C17H23BrN2O4/c1-22-14-10-12-13(15(18)16(14)23-2)11-20(17(12)21)5-3-4-19-6-8-24-9-7-19/h10H,3-9,11H2,1-2H3. The maximum Gasteiger partial charge on any atom is 0.254 e. The molecule has 1 aromatic rings. The van der Waals surface area contributed by atoms with Crippen LogP contribution in [0.25, 0.3) is 0 Å². The summed E-state index contributed by atoms with van der Waals surface area (Å²) in [5.74, 6) is 1.28. The molecule has 3 rings (SSSR count). The van der Waals surface area contributed by atoms with E-state index < -0.39 is 0 Å². The van der Waals surface area contributed by atoms with Crippen LogP contribution in [0, 0.1) is 0 Å². The Morgan fingerprint density at radius 2 is 1.96 bits per heavy atom. The SMILES string of the molecule is COc1cc2c(c(Br)c1OC)CN(CCCN1CCOCC1)C2=O. The van der Waals surface area contributed by atoms with Gasteiger partial charge in [0.1, 0.15) is 0 Å². The molecule has 2 heterocycles. The first-order valence-corrected chi connectivity index (χ1v) is 8.97. The second kappa shape index (κ2) is 7.72. The van der Waals surface area contributed by atoms with E-state index in [0.717, 1.165) is 55.8 Å². The number of carbonyl (C=O) groups is 1. The number of fused-ring (bicyclic) bond motifs is 1. The average Bonchev–Trinajstić information content (AvgIpc) is 2.92. The second-order valence-electron chi connectivity index (χ2n) is 5.99. The van der Waals surface area contributed by atoms with E-state index >= 15 is 0 Å². The Morgan fingerprint density at radius 3 is 2.62 bits per heavy atom. The molecule has 2 aliphatic heterocycles. The molecule has 0 saturated carbocycles. The third-order valence-electron chi connectivity index (χ3n) is 4.59. The van der Waals surface area contributed by atoms with Gasteiger partial charge in [0, 0.05) is 43.9 Å². The van der Waals surface area contributed by atoms with Gasteiger partial charge in [-0.1, -0.05) is 0 Å². The normalized spacial score (nSPS) is 18.0. The minimum absolute atomic E-state index is 0.0635. The maximum absolute atomic E-state index is 12.7. The molecular formula is C17H23BrN2O4. The molecule has 0 radical (unpaired) electrons. The Balaban J connectivity index is 1.65. The van der Waals surface area contributed by atoms with E-state index in [1.165, 1.54) is 0 Å². The molecule has 24 heavy (non-hydrogen) atoms. The van der Waals surface area contributed by atoms with Gasteiger partial charge in [0.05, 0.1) is 31.9 Å². The Bertz CT molecular complexity index is 617. The van der Waals surface area contributed by atoms with Crippen molar-refractivity contribution in [2.75, 3.05) is 53.6 Å². The van der Waals surface area contributed by atoms with E-state index in [0.29, 0.717) is 23.6 Å². The quantitative estimate of drug-likeness (QED) is 0.734. The summed E-state index contributed by atoms with van der Waals surface area (Å²) in [5.41, 5.74) is 1.68. The van der Waals surface area contributed by atoms with Crippen molar-refractivity contribution >= 4 is 21.8 Å². The Morgan fingerprint density at radius 1 is 1.21 bits per heavy atom. The van der Waals surface area contributed by atoms with Gasteiger partial charge in [0.15, 0.2) is 11.5 Å². The number of rotatable bonds is 6. The highest BCUT2D eigenvalue weighted by atomic mass is 79.9. The third-order valence-corrected chi connectivity index (χ3v) is 5.42. The van der Waals surface area contributed by atoms with Gasteiger partial charge in [-0.2, -0.15) is 0 Å². The number of halogens is 1. The topological polar surface area (TPSA) is 51.2 Å². The highest BCUT2D eigenvalue weighted by Crippen LogP contribution is 2.42. The first-order chi connectivity index (χ1) is 11.7. The van der Waals surface area contributed by atoms with Crippen molar-refractivity contribution < 1.29 is 19.0 Å². The summed E-state index contributed by atoms with van der Waals surface area (Å²) in [6, 6.07) is 1.78. The lowest BCUT2D eigenvalue weighted by atomic mass is 10.1. The van der Waals surface area contributed by atoms with Crippen molar-refractivity contribution in [2.45, 2.75) is 13.0 Å². The Labute approximate surface area is 150 Å². The van der Waals surface area contributed by atoms with Crippen LogP contribution in [0.2, 0.25) is 0 Å². The molecule has 1 aromatic carbocycles. The summed E-state index contributed by atoms with van der Waals surface area (Å²) in [7, 11) is 3.18. The molecule has 1 fully saturated rings. The van der Waals surface area contributed by atoms with E-state index in [1.54, 1.807) is 20.3 Å². The second-order valence-corrected chi connectivity index (χ2v) is 6.78. The van der Waals surface area contributed by atoms with Gasteiger partial charge in [-0.25, -0.2) is 0 Å². The lowest BCUT2D eigenvalue weighted by Crippen LogP contribution is -2.38. The first kappa shape index (κ1) is 17.5. The van der Waals surface area contributed by atoms with Crippen molar-refractivity contribution in [3.63, 3.8) is 0 Å². The van der Waals surface area contributed by atoms with Gasteiger partial charge in [-0.15, -0.1) is 0 Å². The molecule has 0 spiro atoms. The molecular weight excluding hydrogens is 376 g/mol. The number of methoxy groups -OCH3 is 2. The predicted octanol–water partition coefficient (Wildman–Crippen LogP) is 2.14. The zero-order valence-electron chi connectivity index (χ0n) is 14.1. The highest BCUT2D eigenvalue weighted by molar-refractivity contribution is 9.10. The van der Waals surface area contributed by atoms with Crippen molar-refractivity contribution in [1.29, 1.82) is 0 Å². The molecule has 0 atom stereocenters. The van der Waals surface area contributed by atoms with Crippen LogP contribution in [-0.2, 0) is 11.3 Å². The summed E-state index contributed by atoms with van der Waals surface area (Å²) in [6.45, 7) is 5.93. The number of hydrogen-bond donors (Lipinski definition) is 0. The molecule has 6 nitrogen and oxygen atoms in total. The van der Waals surface area contributed by atoms with Crippen LogP contribution in [0.15, 0.2) is 10.5 Å². The van der Waals surface area contributed by atoms with Crippen molar-refractivity contribution in [2.24, 2.45) is 0 Å². The average molecular weight is 399 g/mol. The van der Waals surface area contributed by atoms with Crippen LogP contribution in [0.1, 0.15) is 22.3 Å². The van der Waals surface area contributed by atoms with Gasteiger partial charge in [-0.05, 0) is 28.4 Å². The molecule has 0 aromatic heterocycles. The summed E-state index contributed by atoms with van der Waals surface area (Å²) in [6.07, 6.45) is 0.964. The minimum Gasteiger partial charge on any atom is -0.493 e. The molecule has 1 saturated heterocycles. The number of amides is 1. The largest absolute Gasteiger partial charge is 0.493 e. The van der Waals surface area contributed by atoms with Gasteiger partial charge in [0.25, 0.3) is 5.91 Å². The molecule has 0 unspecified atom stereocenters. The Hall–Kier alpha value is -1.31. The number of morpholine rings is 1. The van der Waals surface area contributed by atoms with Gasteiger partial charge >= 0.3 is 0 Å². The Kier molecular flexibility index (Phi) is 5.63. The van der Waals surface area contributed by atoms with Crippen LogP contribution in [0.5, 0.6) is 11.5 Å². The van der Waals surface area contributed by atoms with Crippen LogP contribution in [-0.4, -0.2) is 69.3 Å².